The van der Waals surface area contributed by atoms with Crippen LogP contribution in [-0.4, -0.2) is 4.98 Å². The summed E-state index contributed by atoms with van der Waals surface area (Å²) in [5.41, 5.74) is 9.99. The van der Waals surface area contributed by atoms with Crippen LogP contribution < -0.4 is 5.73 Å². The molecule has 1 aromatic heterocycles. The fourth-order valence-corrected chi connectivity index (χ4v) is 2.62. The zero-order valence-corrected chi connectivity index (χ0v) is 11.1. The van der Waals surface area contributed by atoms with Crippen LogP contribution in [0.3, 0.4) is 0 Å². The smallest absolute Gasteiger partial charge is 0.0422 e. The van der Waals surface area contributed by atoms with Gasteiger partial charge in [-0.1, -0.05) is 36.8 Å². The molecule has 2 heteroatoms. The molecule has 0 bridgehead atoms. The molecule has 1 atom stereocenters. The summed E-state index contributed by atoms with van der Waals surface area (Å²) in [6.07, 6.45) is 6.69. The maximum absolute atomic E-state index is 6.26. The molecule has 19 heavy (non-hydrogen) atoms. The largest absolute Gasteiger partial charge is 0.324 e. The SMILES string of the molecule is NC(Cc1ccccn1)c1ccc(C2CCC2)cc1. The predicted molar refractivity (Wildman–Crippen MR) is 77.9 cm³/mol. The maximum atomic E-state index is 6.26. The van der Waals surface area contributed by atoms with Crippen molar-refractivity contribution in [2.24, 2.45) is 5.73 Å². The van der Waals surface area contributed by atoms with Gasteiger partial charge in [0.25, 0.3) is 0 Å². The van der Waals surface area contributed by atoms with Crippen molar-refractivity contribution in [3.63, 3.8) is 0 Å². The number of pyridine rings is 1. The van der Waals surface area contributed by atoms with E-state index in [2.05, 4.69) is 29.2 Å². The van der Waals surface area contributed by atoms with Crippen LogP contribution in [0.2, 0.25) is 0 Å². The molecule has 1 unspecified atom stereocenters. The van der Waals surface area contributed by atoms with Gasteiger partial charge in [-0.25, -0.2) is 0 Å². The van der Waals surface area contributed by atoms with E-state index >= 15 is 0 Å². The van der Waals surface area contributed by atoms with E-state index in [0.717, 1.165) is 18.0 Å². The van der Waals surface area contributed by atoms with Crippen molar-refractivity contribution in [1.82, 2.24) is 4.98 Å². The van der Waals surface area contributed by atoms with Gasteiger partial charge < -0.3 is 5.73 Å². The number of hydrogen-bond donors (Lipinski definition) is 1. The highest BCUT2D eigenvalue weighted by Gasteiger charge is 2.19. The van der Waals surface area contributed by atoms with E-state index in [4.69, 9.17) is 5.73 Å². The molecule has 0 aliphatic heterocycles. The summed E-state index contributed by atoms with van der Waals surface area (Å²) >= 11 is 0. The van der Waals surface area contributed by atoms with Crippen LogP contribution >= 0.6 is 0 Å². The van der Waals surface area contributed by atoms with E-state index in [1.807, 2.05) is 24.4 Å². The van der Waals surface area contributed by atoms with Gasteiger partial charge in [-0.15, -0.1) is 0 Å². The Labute approximate surface area is 114 Å². The third kappa shape index (κ3) is 2.85. The van der Waals surface area contributed by atoms with Crippen molar-refractivity contribution in [2.45, 2.75) is 37.6 Å². The van der Waals surface area contributed by atoms with Gasteiger partial charge in [0.2, 0.25) is 0 Å². The molecule has 1 fully saturated rings. The van der Waals surface area contributed by atoms with E-state index in [9.17, 15) is 0 Å². The van der Waals surface area contributed by atoms with Gasteiger partial charge >= 0.3 is 0 Å². The van der Waals surface area contributed by atoms with Crippen molar-refractivity contribution in [1.29, 1.82) is 0 Å². The van der Waals surface area contributed by atoms with Crippen LogP contribution in [0.1, 0.15) is 48.0 Å². The lowest BCUT2D eigenvalue weighted by Gasteiger charge is -2.26. The van der Waals surface area contributed by atoms with Crippen molar-refractivity contribution in [3.8, 4) is 0 Å². The Morgan fingerprint density at radius 2 is 1.89 bits per heavy atom. The number of rotatable bonds is 4. The highest BCUT2D eigenvalue weighted by molar-refractivity contribution is 5.29. The molecular weight excluding hydrogens is 232 g/mol. The first-order valence-electron chi connectivity index (χ1n) is 7.08. The quantitative estimate of drug-likeness (QED) is 0.903. The van der Waals surface area contributed by atoms with Crippen molar-refractivity contribution in [2.75, 3.05) is 0 Å². The van der Waals surface area contributed by atoms with Crippen molar-refractivity contribution >= 4 is 0 Å². The van der Waals surface area contributed by atoms with Crippen LogP contribution in [0, 0.1) is 0 Å². The van der Waals surface area contributed by atoms with E-state index in [1.165, 1.54) is 30.4 Å². The van der Waals surface area contributed by atoms with Crippen molar-refractivity contribution in [3.05, 3.63) is 65.5 Å². The molecule has 0 spiro atoms. The second-order valence-corrected chi connectivity index (χ2v) is 5.43. The summed E-state index contributed by atoms with van der Waals surface area (Å²) in [5.74, 6) is 0.793. The average Bonchev–Trinajstić information content (AvgIpc) is 2.39. The van der Waals surface area contributed by atoms with Crippen LogP contribution in [0.25, 0.3) is 0 Å². The topological polar surface area (TPSA) is 38.9 Å². The van der Waals surface area contributed by atoms with Crippen LogP contribution in [0.5, 0.6) is 0 Å². The molecule has 2 N–H and O–H groups in total. The van der Waals surface area contributed by atoms with Gasteiger partial charge in [0.15, 0.2) is 0 Å². The first-order chi connectivity index (χ1) is 9.33. The van der Waals surface area contributed by atoms with Gasteiger partial charge in [0, 0.05) is 24.4 Å². The lowest BCUT2D eigenvalue weighted by Crippen LogP contribution is -2.14. The fourth-order valence-electron chi connectivity index (χ4n) is 2.62. The summed E-state index contributed by atoms with van der Waals surface area (Å²) in [6.45, 7) is 0. The molecule has 1 aromatic carbocycles. The second kappa shape index (κ2) is 5.54. The highest BCUT2D eigenvalue weighted by atomic mass is 14.7. The van der Waals surface area contributed by atoms with E-state index in [0.29, 0.717) is 0 Å². The Balaban J connectivity index is 1.67. The molecule has 98 valence electrons. The van der Waals surface area contributed by atoms with Gasteiger partial charge in [0.1, 0.15) is 0 Å². The number of benzene rings is 1. The third-order valence-corrected chi connectivity index (χ3v) is 4.10. The van der Waals surface area contributed by atoms with Gasteiger partial charge in [-0.3, -0.25) is 4.98 Å². The monoisotopic (exact) mass is 252 g/mol. The normalized spacial score (nSPS) is 16.9. The molecule has 0 amide bonds. The van der Waals surface area contributed by atoms with Gasteiger partial charge in [0.05, 0.1) is 0 Å². The second-order valence-electron chi connectivity index (χ2n) is 5.43. The Morgan fingerprint density at radius 3 is 2.47 bits per heavy atom. The van der Waals surface area contributed by atoms with Crippen LogP contribution in [-0.2, 0) is 6.42 Å². The Morgan fingerprint density at radius 1 is 1.11 bits per heavy atom. The van der Waals surface area contributed by atoms with E-state index in [-0.39, 0.29) is 6.04 Å². The number of nitrogens with zero attached hydrogens (tertiary/aromatic N) is 1. The summed E-state index contributed by atoms with van der Waals surface area (Å²) in [6, 6.07) is 14.9. The summed E-state index contributed by atoms with van der Waals surface area (Å²) in [5, 5.41) is 0. The molecule has 1 saturated carbocycles. The number of nitrogens with two attached hydrogens (primary N) is 1. The summed E-state index contributed by atoms with van der Waals surface area (Å²) < 4.78 is 0. The zero-order chi connectivity index (χ0) is 13.1. The number of aromatic nitrogens is 1. The first kappa shape index (κ1) is 12.4. The third-order valence-electron chi connectivity index (χ3n) is 4.10. The lowest BCUT2D eigenvalue weighted by atomic mass is 9.80. The first-order valence-corrected chi connectivity index (χ1v) is 7.08. The standard InChI is InChI=1S/C17H20N2/c18-17(12-16-6-1-2-11-19-16)15-9-7-14(8-10-15)13-4-3-5-13/h1-2,6-11,13,17H,3-5,12,18H2. The number of hydrogen-bond acceptors (Lipinski definition) is 2. The average molecular weight is 252 g/mol. The maximum Gasteiger partial charge on any atom is 0.0422 e. The molecular formula is C17H20N2. The van der Waals surface area contributed by atoms with Crippen LogP contribution in [0.15, 0.2) is 48.7 Å². The minimum atomic E-state index is 0.0327. The Kier molecular flexibility index (Phi) is 3.60. The highest BCUT2D eigenvalue weighted by Crippen LogP contribution is 2.36. The molecule has 0 radical (unpaired) electrons. The molecule has 3 rings (SSSR count). The minimum absolute atomic E-state index is 0.0327. The van der Waals surface area contributed by atoms with Crippen LogP contribution in [0.4, 0.5) is 0 Å². The molecule has 2 nitrogen and oxygen atoms in total. The van der Waals surface area contributed by atoms with Gasteiger partial charge in [-0.2, -0.15) is 0 Å². The molecule has 1 aliphatic rings. The fraction of sp³-hybridized carbons (Fsp3) is 0.353. The lowest BCUT2D eigenvalue weighted by molar-refractivity contribution is 0.419. The Bertz CT molecular complexity index is 515. The molecule has 1 aliphatic carbocycles. The molecule has 0 saturated heterocycles. The summed E-state index contributed by atoms with van der Waals surface area (Å²) in [7, 11) is 0. The molecule has 2 aromatic rings. The summed E-state index contributed by atoms with van der Waals surface area (Å²) in [4.78, 5) is 4.33. The zero-order valence-electron chi connectivity index (χ0n) is 11.1. The van der Waals surface area contributed by atoms with Crippen molar-refractivity contribution < 1.29 is 0 Å². The molecule has 1 heterocycles. The van der Waals surface area contributed by atoms with Gasteiger partial charge in [-0.05, 0) is 42.0 Å². The van der Waals surface area contributed by atoms with E-state index < -0.39 is 0 Å². The van der Waals surface area contributed by atoms with E-state index in [1.54, 1.807) is 0 Å². The predicted octanol–water partition coefficient (Wildman–Crippen LogP) is 3.59. The Hall–Kier alpha value is -1.67. The minimum Gasteiger partial charge on any atom is -0.324 e.